The molecule has 0 saturated heterocycles. The first-order valence-electron chi connectivity index (χ1n) is 8.12. The fourth-order valence-electron chi connectivity index (χ4n) is 2.53. The van der Waals surface area contributed by atoms with Gasteiger partial charge < -0.3 is 18.6 Å². The molecule has 0 aliphatic carbocycles. The van der Waals surface area contributed by atoms with Crippen LogP contribution in [0.2, 0.25) is 0 Å². The van der Waals surface area contributed by atoms with Gasteiger partial charge in [0.2, 0.25) is 5.89 Å². The molecule has 2 aromatic carbocycles. The fourth-order valence-corrected chi connectivity index (χ4v) is 2.53. The molecule has 3 rings (SSSR count). The number of rotatable bonds is 6. The van der Waals surface area contributed by atoms with Crippen molar-refractivity contribution >= 4 is 0 Å². The molecule has 6 heteroatoms. The van der Waals surface area contributed by atoms with Crippen molar-refractivity contribution in [3.05, 3.63) is 59.0 Å². The number of nitrogens with zero attached hydrogens (tertiary/aromatic N) is 1. The average Bonchev–Trinajstić information content (AvgIpc) is 2.67. The Balaban J connectivity index is 2.01. The zero-order chi connectivity index (χ0) is 18.5. The van der Waals surface area contributed by atoms with Gasteiger partial charge >= 0.3 is 5.63 Å². The van der Waals surface area contributed by atoms with E-state index in [9.17, 15) is 4.79 Å². The van der Waals surface area contributed by atoms with Crippen LogP contribution in [0.3, 0.4) is 0 Å². The first kappa shape index (κ1) is 17.5. The van der Waals surface area contributed by atoms with Crippen molar-refractivity contribution in [2.75, 3.05) is 20.8 Å². The molecule has 0 fully saturated rings. The number of aromatic nitrogens is 1. The summed E-state index contributed by atoms with van der Waals surface area (Å²) in [6.45, 7) is 2.52. The SMILES string of the molecule is CCOc1ccc(-c2cc(=O)oc(-c3ccc(OC)c(OC)c3)n2)cc1. The average molecular weight is 353 g/mol. The van der Waals surface area contributed by atoms with Gasteiger partial charge in [-0.1, -0.05) is 0 Å². The van der Waals surface area contributed by atoms with Gasteiger partial charge in [-0.3, -0.25) is 0 Å². The minimum atomic E-state index is -0.478. The summed E-state index contributed by atoms with van der Waals surface area (Å²) >= 11 is 0. The van der Waals surface area contributed by atoms with E-state index in [1.807, 2.05) is 31.2 Å². The zero-order valence-electron chi connectivity index (χ0n) is 14.8. The topological polar surface area (TPSA) is 70.8 Å². The van der Waals surface area contributed by atoms with Gasteiger partial charge in [-0.05, 0) is 49.4 Å². The summed E-state index contributed by atoms with van der Waals surface area (Å²) in [4.78, 5) is 16.5. The van der Waals surface area contributed by atoms with Gasteiger partial charge in [-0.25, -0.2) is 9.78 Å². The predicted molar refractivity (Wildman–Crippen MR) is 97.9 cm³/mol. The number of benzene rings is 2. The second-order valence-electron chi connectivity index (χ2n) is 5.39. The highest BCUT2D eigenvalue weighted by Crippen LogP contribution is 2.32. The summed E-state index contributed by atoms with van der Waals surface area (Å²) in [7, 11) is 3.10. The summed E-state index contributed by atoms with van der Waals surface area (Å²) in [5, 5.41) is 0. The molecule has 3 aromatic rings. The lowest BCUT2D eigenvalue weighted by atomic mass is 10.1. The predicted octanol–water partition coefficient (Wildman–Crippen LogP) is 3.78. The molecule has 0 amide bonds. The van der Waals surface area contributed by atoms with Crippen molar-refractivity contribution in [3.8, 4) is 40.0 Å². The smallest absolute Gasteiger partial charge is 0.339 e. The quantitative estimate of drug-likeness (QED) is 0.671. The van der Waals surface area contributed by atoms with Gasteiger partial charge in [0.25, 0.3) is 0 Å². The van der Waals surface area contributed by atoms with Gasteiger partial charge in [0, 0.05) is 11.1 Å². The molecular formula is C20H19NO5. The molecule has 1 heterocycles. The van der Waals surface area contributed by atoms with Crippen LogP contribution < -0.4 is 19.8 Å². The van der Waals surface area contributed by atoms with Gasteiger partial charge in [0.1, 0.15) is 5.75 Å². The summed E-state index contributed by atoms with van der Waals surface area (Å²) < 4.78 is 21.2. The second kappa shape index (κ2) is 7.74. The molecule has 0 aliphatic heterocycles. The lowest BCUT2D eigenvalue weighted by Gasteiger charge is -2.09. The number of hydrogen-bond acceptors (Lipinski definition) is 6. The molecule has 0 unspecified atom stereocenters. The molecule has 0 radical (unpaired) electrons. The van der Waals surface area contributed by atoms with Crippen LogP contribution in [0, 0.1) is 0 Å². The van der Waals surface area contributed by atoms with Crippen LogP contribution >= 0.6 is 0 Å². The van der Waals surface area contributed by atoms with E-state index in [0.29, 0.717) is 29.4 Å². The molecule has 26 heavy (non-hydrogen) atoms. The normalized spacial score (nSPS) is 10.4. The van der Waals surface area contributed by atoms with Gasteiger partial charge in [0.05, 0.1) is 32.6 Å². The van der Waals surface area contributed by atoms with Gasteiger partial charge in [-0.2, -0.15) is 0 Å². The van der Waals surface area contributed by atoms with Crippen LogP contribution in [-0.4, -0.2) is 25.8 Å². The van der Waals surface area contributed by atoms with Crippen LogP contribution in [0.5, 0.6) is 17.2 Å². The van der Waals surface area contributed by atoms with E-state index in [-0.39, 0.29) is 5.89 Å². The molecule has 1 aromatic heterocycles. The molecule has 0 saturated carbocycles. The maximum absolute atomic E-state index is 12.0. The van der Waals surface area contributed by atoms with Crippen LogP contribution in [0.25, 0.3) is 22.7 Å². The number of ether oxygens (including phenoxy) is 3. The molecule has 0 spiro atoms. The zero-order valence-corrected chi connectivity index (χ0v) is 14.8. The van der Waals surface area contributed by atoms with Crippen LogP contribution in [-0.2, 0) is 0 Å². The first-order valence-corrected chi connectivity index (χ1v) is 8.12. The van der Waals surface area contributed by atoms with Crippen molar-refractivity contribution in [2.45, 2.75) is 6.92 Å². The summed E-state index contributed by atoms with van der Waals surface area (Å²) in [6.07, 6.45) is 0. The maximum atomic E-state index is 12.0. The highest BCUT2D eigenvalue weighted by atomic mass is 16.5. The Morgan fingerprint density at radius 2 is 1.62 bits per heavy atom. The van der Waals surface area contributed by atoms with E-state index in [2.05, 4.69) is 4.98 Å². The summed E-state index contributed by atoms with van der Waals surface area (Å²) in [6, 6.07) is 14.0. The van der Waals surface area contributed by atoms with E-state index in [1.54, 1.807) is 32.4 Å². The van der Waals surface area contributed by atoms with E-state index >= 15 is 0 Å². The Morgan fingerprint density at radius 1 is 0.923 bits per heavy atom. The standard InChI is InChI=1S/C20H19NO5/c1-4-25-15-8-5-13(6-9-15)16-12-19(22)26-20(21-16)14-7-10-17(23-2)18(11-14)24-3/h5-12H,4H2,1-3H3. The third kappa shape index (κ3) is 3.69. The highest BCUT2D eigenvalue weighted by Gasteiger charge is 2.12. The van der Waals surface area contributed by atoms with Crippen molar-refractivity contribution < 1.29 is 18.6 Å². The molecule has 0 N–H and O–H groups in total. The second-order valence-corrected chi connectivity index (χ2v) is 5.39. The first-order chi connectivity index (χ1) is 12.6. The van der Waals surface area contributed by atoms with E-state index in [1.165, 1.54) is 6.07 Å². The molecular weight excluding hydrogens is 334 g/mol. The molecule has 6 nitrogen and oxygen atoms in total. The van der Waals surface area contributed by atoms with E-state index in [4.69, 9.17) is 18.6 Å². The van der Waals surface area contributed by atoms with E-state index in [0.717, 1.165) is 11.3 Å². The van der Waals surface area contributed by atoms with Crippen LogP contribution in [0.4, 0.5) is 0 Å². The van der Waals surface area contributed by atoms with Gasteiger partial charge in [0.15, 0.2) is 11.5 Å². The lowest BCUT2D eigenvalue weighted by Crippen LogP contribution is -2.02. The Kier molecular flexibility index (Phi) is 5.22. The van der Waals surface area contributed by atoms with E-state index < -0.39 is 5.63 Å². The molecule has 134 valence electrons. The highest BCUT2D eigenvalue weighted by molar-refractivity contribution is 5.65. The molecule has 0 bridgehead atoms. The minimum absolute atomic E-state index is 0.210. The Bertz CT molecular complexity index is 947. The summed E-state index contributed by atoms with van der Waals surface area (Å²) in [5.74, 6) is 2.09. The molecule has 0 atom stereocenters. The fraction of sp³-hybridized carbons (Fsp3) is 0.200. The minimum Gasteiger partial charge on any atom is -0.494 e. The van der Waals surface area contributed by atoms with Crippen molar-refractivity contribution in [1.29, 1.82) is 0 Å². The van der Waals surface area contributed by atoms with Crippen molar-refractivity contribution in [2.24, 2.45) is 0 Å². The number of hydrogen-bond donors (Lipinski definition) is 0. The van der Waals surface area contributed by atoms with Crippen LogP contribution in [0.1, 0.15) is 6.92 Å². The third-order valence-corrected chi connectivity index (χ3v) is 3.77. The number of methoxy groups -OCH3 is 2. The monoisotopic (exact) mass is 353 g/mol. The van der Waals surface area contributed by atoms with Crippen molar-refractivity contribution in [3.63, 3.8) is 0 Å². The molecule has 0 aliphatic rings. The Morgan fingerprint density at radius 3 is 2.27 bits per heavy atom. The summed E-state index contributed by atoms with van der Waals surface area (Å²) in [5.41, 5.74) is 1.46. The Labute approximate surface area is 151 Å². The maximum Gasteiger partial charge on any atom is 0.339 e. The van der Waals surface area contributed by atoms with Gasteiger partial charge in [-0.15, -0.1) is 0 Å². The lowest BCUT2D eigenvalue weighted by molar-refractivity contribution is 0.340. The van der Waals surface area contributed by atoms with Crippen molar-refractivity contribution in [1.82, 2.24) is 4.98 Å². The Hall–Kier alpha value is -3.28. The van der Waals surface area contributed by atoms with Crippen LogP contribution in [0.15, 0.2) is 57.7 Å². The largest absolute Gasteiger partial charge is 0.494 e. The third-order valence-electron chi connectivity index (χ3n) is 3.77.